The first kappa shape index (κ1) is 23.2. The summed E-state index contributed by atoms with van der Waals surface area (Å²) in [5, 5.41) is 1.20. The number of likely N-dealkylation sites (tertiary alicyclic amines) is 1. The van der Waals surface area contributed by atoms with E-state index >= 15 is 0 Å². The molecule has 11 heteroatoms. The molecule has 1 aliphatic rings. The fourth-order valence-electron chi connectivity index (χ4n) is 3.72. The number of anilines is 1. The molecule has 4 rings (SSSR count). The molecule has 5 nitrogen and oxygen atoms in total. The Bertz CT molecular complexity index is 1280. The Balaban J connectivity index is 1.67. The first-order valence-corrected chi connectivity index (χ1v) is 12.4. The van der Waals surface area contributed by atoms with Gasteiger partial charge in [-0.3, -0.25) is 4.72 Å². The summed E-state index contributed by atoms with van der Waals surface area (Å²) >= 11 is 7.09. The number of halogens is 4. The van der Waals surface area contributed by atoms with Crippen LogP contribution in [0.25, 0.3) is 10.1 Å². The molecule has 0 aliphatic carbocycles. The molecular formula is C21H20ClF3N2O3S2. The van der Waals surface area contributed by atoms with Gasteiger partial charge in [-0.05, 0) is 61.7 Å². The van der Waals surface area contributed by atoms with Gasteiger partial charge in [0.25, 0.3) is 10.0 Å². The Morgan fingerprint density at radius 2 is 1.97 bits per heavy atom. The zero-order chi connectivity index (χ0) is 23.3. The highest BCUT2D eigenvalue weighted by Gasteiger charge is 2.36. The van der Waals surface area contributed by atoms with E-state index in [4.69, 9.17) is 16.3 Å². The van der Waals surface area contributed by atoms with Gasteiger partial charge in [0.2, 0.25) is 0 Å². The number of fused-ring (bicyclic) bond motifs is 1. The molecule has 0 amide bonds. The summed E-state index contributed by atoms with van der Waals surface area (Å²) in [4.78, 5) is 1.96. The van der Waals surface area contributed by atoms with Crippen LogP contribution in [0.5, 0.6) is 5.75 Å². The lowest BCUT2D eigenvalue weighted by atomic mass is 10.1. The first-order valence-electron chi connectivity index (χ1n) is 9.72. The molecule has 0 radical (unpaired) electrons. The van der Waals surface area contributed by atoms with Crippen LogP contribution >= 0.6 is 22.9 Å². The van der Waals surface area contributed by atoms with Crippen molar-refractivity contribution in [3.8, 4) is 5.75 Å². The predicted molar refractivity (Wildman–Crippen MR) is 120 cm³/mol. The molecule has 0 unspecified atom stereocenters. The number of likely N-dealkylation sites (N-methyl/N-ethyl adjacent to an activating group) is 1. The first-order chi connectivity index (χ1) is 14.9. The highest BCUT2D eigenvalue weighted by Crippen LogP contribution is 2.40. The molecule has 1 atom stereocenters. The highest BCUT2D eigenvalue weighted by atomic mass is 35.5. The van der Waals surface area contributed by atoms with Gasteiger partial charge in [0.15, 0.2) is 0 Å². The van der Waals surface area contributed by atoms with Crippen molar-refractivity contribution in [2.75, 3.05) is 24.9 Å². The van der Waals surface area contributed by atoms with Crippen LogP contribution in [0.3, 0.4) is 0 Å². The zero-order valence-electron chi connectivity index (χ0n) is 17.2. The molecule has 0 bridgehead atoms. The Kier molecular flexibility index (Phi) is 6.08. The lowest BCUT2D eigenvalue weighted by Crippen LogP contribution is -2.23. The third-order valence-electron chi connectivity index (χ3n) is 5.28. The molecule has 32 heavy (non-hydrogen) atoms. The van der Waals surface area contributed by atoms with Crippen LogP contribution in [0.1, 0.15) is 17.5 Å². The summed E-state index contributed by atoms with van der Waals surface area (Å²) in [5.41, 5.74) is -0.422. The summed E-state index contributed by atoms with van der Waals surface area (Å²) < 4.78 is 75.5. The standard InChI is InChI=1S/C21H20ClF3N2O3S2/c1-12-16-9-13(22)3-6-19(16)31-20(12)32(28,29)26-14-4-5-17(21(23,24)25)18(10-14)30-15-7-8-27(2)11-15/h3-6,9-10,15,26H,7-8,11H2,1-2H3/t15-/m1/s1. The smallest absolute Gasteiger partial charge is 0.419 e. The number of thiophene rings is 1. The monoisotopic (exact) mass is 504 g/mol. The molecule has 1 saturated heterocycles. The number of nitrogens with one attached hydrogen (secondary N) is 1. The van der Waals surface area contributed by atoms with Gasteiger partial charge in [0.1, 0.15) is 16.1 Å². The molecule has 2 heterocycles. The summed E-state index contributed by atoms with van der Waals surface area (Å²) in [6.07, 6.45) is -4.44. The van der Waals surface area contributed by atoms with Gasteiger partial charge >= 0.3 is 6.18 Å². The topological polar surface area (TPSA) is 58.6 Å². The minimum atomic E-state index is -4.63. The van der Waals surface area contributed by atoms with E-state index in [1.54, 1.807) is 25.1 Å². The van der Waals surface area contributed by atoms with Crippen molar-refractivity contribution < 1.29 is 26.3 Å². The van der Waals surface area contributed by atoms with E-state index in [1.807, 2.05) is 11.9 Å². The van der Waals surface area contributed by atoms with E-state index in [-0.39, 0.29) is 9.90 Å². The van der Waals surface area contributed by atoms with Crippen LogP contribution in [-0.4, -0.2) is 39.6 Å². The summed E-state index contributed by atoms with van der Waals surface area (Å²) in [5.74, 6) is -0.391. The SMILES string of the molecule is Cc1c(S(=O)(=O)Nc2ccc(C(F)(F)F)c(O[C@@H]3CCN(C)C3)c2)sc2ccc(Cl)cc12. The normalized spacial score (nSPS) is 17.8. The van der Waals surface area contributed by atoms with Crippen LogP contribution in [-0.2, 0) is 16.2 Å². The van der Waals surface area contributed by atoms with Crippen molar-refractivity contribution in [3.05, 3.63) is 52.5 Å². The minimum Gasteiger partial charge on any atom is -0.488 e. The third-order valence-corrected chi connectivity index (χ3v) is 8.79. The lowest BCUT2D eigenvalue weighted by Gasteiger charge is -2.19. The maximum absolute atomic E-state index is 13.5. The van der Waals surface area contributed by atoms with Crippen LogP contribution in [0.4, 0.5) is 18.9 Å². The van der Waals surface area contributed by atoms with E-state index in [9.17, 15) is 21.6 Å². The Morgan fingerprint density at radius 3 is 2.62 bits per heavy atom. The molecular weight excluding hydrogens is 485 g/mol. The van der Waals surface area contributed by atoms with E-state index in [1.165, 1.54) is 0 Å². The number of aryl methyl sites for hydroxylation is 1. The molecule has 1 fully saturated rings. The summed E-state index contributed by atoms with van der Waals surface area (Å²) in [7, 11) is -2.18. The predicted octanol–water partition coefficient (Wildman–Crippen LogP) is 5.77. The lowest BCUT2D eigenvalue weighted by molar-refractivity contribution is -0.139. The van der Waals surface area contributed by atoms with Crippen LogP contribution in [0.15, 0.2) is 40.6 Å². The summed E-state index contributed by atoms with van der Waals surface area (Å²) in [6, 6.07) is 8.11. The average molecular weight is 505 g/mol. The fourth-order valence-corrected chi connectivity index (χ4v) is 6.69. The average Bonchev–Trinajstić information content (AvgIpc) is 3.24. The van der Waals surface area contributed by atoms with Gasteiger partial charge in [-0.1, -0.05) is 11.6 Å². The molecule has 1 aliphatic heterocycles. The van der Waals surface area contributed by atoms with Crippen LogP contribution in [0.2, 0.25) is 5.02 Å². The van der Waals surface area contributed by atoms with Gasteiger partial charge in [-0.2, -0.15) is 13.2 Å². The minimum absolute atomic E-state index is 0.00533. The molecule has 1 aromatic heterocycles. The highest BCUT2D eigenvalue weighted by molar-refractivity contribution is 7.94. The number of hydrogen-bond donors (Lipinski definition) is 1. The number of benzene rings is 2. The van der Waals surface area contributed by atoms with Gasteiger partial charge in [-0.15, -0.1) is 11.3 Å². The number of nitrogens with zero attached hydrogens (tertiary/aromatic N) is 1. The van der Waals surface area contributed by atoms with E-state index < -0.39 is 33.6 Å². The Morgan fingerprint density at radius 1 is 1.22 bits per heavy atom. The maximum atomic E-state index is 13.5. The van der Waals surface area contributed by atoms with Crippen molar-refractivity contribution in [1.82, 2.24) is 4.90 Å². The molecule has 0 spiro atoms. The maximum Gasteiger partial charge on any atom is 0.419 e. The van der Waals surface area contributed by atoms with Gasteiger partial charge in [-0.25, -0.2) is 8.42 Å². The molecule has 3 aromatic rings. The molecule has 0 saturated carbocycles. The number of hydrogen-bond acceptors (Lipinski definition) is 5. The number of sulfonamides is 1. The zero-order valence-corrected chi connectivity index (χ0v) is 19.6. The van der Waals surface area contributed by atoms with Gasteiger partial charge < -0.3 is 9.64 Å². The Hall–Kier alpha value is -2.01. The van der Waals surface area contributed by atoms with Crippen molar-refractivity contribution in [2.24, 2.45) is 0 Å². The molecule has 2 aromatic carbocycles. The van der Waals surface area contributed by atoms with Crippen LogP contribution in [0, 0.1) is 6.92 Å². The van der Waals surface area contributed by atoms with E-state index in [2.05, 4.69) is 4.72 Å². The second-order valence-corrected chi connectivity index (χ2v) is 11.1. The Labute approximate surface area is 192 Å². The van der Waals surface area contributed by atoms with Crippen molar-refractivity contribution >= 4 is 48.7 Å². The van der Waals surface area contributed by atoms with E-state index in [0.29, 0.717) is 35.5 Å². The number of rotatable bonds is 5. The quantitative estimate of drug-likeness (QED) is 0.479. The van der Waals surface area contributed by atoms with Gasteiger partial charge in [0.05, 0.1) is 11.3 Å². The number of ether oxygens (including phenoxy) is 1. The summed E-state index contributed by atoms with van der Waals surface area (Å²) in [6.45, 7) is 2.88. The van der Waals surface area contributed by atoms with Gasteiger partial charge in [0, 0.05) is 28.9 Å². The molecule has 172 valence electrons. The second kappa shape index (κ2) is 8.40. The largest absolute Gasteiger partial charge is 0.488 e. The second-order valence-electron chi connectivity index (χ2n) is 7.76. The fraction of sp³-hybridized carbons (Fsp3) is 0.333. The van der Waals surface area contributed by atoms with Crippen molar-refractivity contribution in [2.45, 2.75) is 29.8 Å². The van der Waals surface area contributed by atoms with Crippen molar-refractivity contribution in [1.29, 1.82) is 0 Å². The third kappa shape index (κ3) is 4.68. The van der Waals surface area contributed by atoms with E-state index in [0.717, 1.165) is 34.2 Å². The van der Waals surface area contributed by atoms with Crippen LogP contribution < -0.4 is 9.46 Å². The van der Waals surface area contributed by atoms with Crippen molar-refractivity contribution in [3.63, 3.8) is 0 Å². The molecule has 1 N–H and O–H groups in total. The number of alkyl halides is 3.